The summed E-state index contributed by atoms with van der Waals surface area (Å²) in [7, 11) is 0. The van der Waals surface area contributed by atoms with Gasteiger partial charge in [-0.25, -0.2) is 0 Å². The number of nitrogens with one attached hydrogen (secondary N) is 1. The number of anilines is 1. The van der Waals surface area contributed by atoms with Gasteiger partial charge in [-0.1, -0.05) is 42.2 Å². The SMILES string of the molecule is NCCOCCOCCOCCOCCOCCOCCNC(=O)CCC(=O)N1Cc2ccccc2C#Cc2ccccc21. The van der Waals surface area contributed by atoms with Crippen molar-refractivity contribution in [3.8, 4) is 11.8 Å². The molecule has 240 valence electrons. The Labute approximate surface area is 260 Å². The standard InChI is InChI=1S/C33H45N3O8/c34-13-15-39-17-19-41-21-23-43-25-26-44-24-22-42-20-18-40-16-14-35-32(37)11-12-33(38)36-27-30-7-2-1-5-28(30)9-10-29-6-3-4-8-31(29)36/h1-8H,11-27,34H2,(H,35,37). The Morgan fingerprint density at radius 3 is 1.77 bits per heavy atom. The molecule has 0 saturated heterocycles. The van der Waals surface area contributed by atoms with Gasteiger partial charge in [0.1, 0.15) is 0 Å². The zero-order valence-electron chi connectivity index (χ0n) is 25.4. The van der Waals surface area contributed by atoms with Crippen molar-refractivity contribution in [1.82, 2.24) is 5.32 Å². The second-order valence-corrected chi connectivity index (χ2v) is 9.72. The highest BCUT2D eigenvalue weighted by Crippen LogP contribution is 2.26. The summed E-state index contributed by atoms with van der Waals surface area (Å²) >= 11 is 0. The summed E-state index contributed by atoms with van der Waals surface area (Å²) in [5.41, 5.74) is 8.76. The largest absolute Gasteiger partial charge is 0.378 e. The molecule has 0 aromatic heterocycles. The molecular formula is C33H45N3O8. The Hall–Kier alpha value is -3.34. The number of para-hydroxylation sites is 1. The van der Waals surface area contributed by atoms with Crippen LogP contribution in [0.1, 0.15) is 29.5 Å². The molecule has 0 spiro atoms. The number of amides is 2. The predicted molar refractivity (Wildman–Crippen MR) is 166 cm³/mol. The fourth-order valence-electron chi connectivity index (χ4n) is 4.20. The third-order valence-corrected chi connectivity index (χ3v) is 6.43. The van der Waals surface area contributed by atoms with Crippen molar-refractivity contribution in [2.24, 2.45) is 5.73 Å². The molecule has 1 heterocycles. The predicted octanol–water partition coefficient (Wildman–Crippen LogP) is 1.89. The highest BCUT2D eigenvalue weighted by atomic mass is 16.6. The van der Waals surface area contributed by atoms with E-state index in [1.165, 1.54) is 0 Å². The zero-order valence-corrected chi connectivity index (χ0v) is 25.4. The summed E-state index contributed by atoms with van der Waals surface area (Å²) in [6.45, 7) is 7.01. The van der Waals surface area contributed by atoms with Gasteiger partial charge in [0.2, 0.25) is 11.8 Å². The summed E-state index contributed by atoms with van der Waals surface area (Å²) in [6.07, 6.45) is 0.191. The van der Waals surface area contributed by atoms with E-state index < -0.39 is 0 Å². The normalized spacial score (nSPS) is 12.0. The minimum Gasteiger partial charge on any atom is -0.378 e. The number of carbonyl (C=O) groups is 2. The van der Waals surface area contributed by atoms with E-state index in [9.17, 15) is 9.59 Å². The number of rotatable bonds is 23. The second-order valence-electron chi connectivity index (χ2n) is 9.72. The van der Waals surface area contributed by atoms with E-state index in [2.05, 4.69) is 17.2 Å². The molecule has 1 aliphatic rings. The van der Waals surface area contributed by atoms with Crippen molar-refractivity contribution < 1.29 is 38.0 Å². The first-order chi connectivity index (χ1) is 21.7. The third kappa shape index (κ3) is 14.0. The molecule has 0 atom stereocenters. The van der Waals surface area contributed by atoms with Gasteiger partial charge in [-0.05, 0) is 23.8 Å². The summed E-state index contributed by atoms with van der Waals surface area (Å²) in [4.78, 5) is 27.3. The van der Waals surface area contributed by atoms with E-state index in [1.807, 2.05) is 48.5 Å². The maximum Gasteiger partial charge on any atom is 0.227 e. The second kappa shape index (κ2) is 22.2. The van der Waals surface area contributed by atoms with Crippen LogP contribution in [-0.4, -0.2) is 104 Å². The fourth-order valence-corrected chi connectivity index (χ4v) is 4.20. The van der Waals surface area contributed by atoms with Gasteiger partial charge in [-0.15, -0.1) is 0 Å². The number of hydrogen-bond donors (Lipinski definition) is 2. The number of fused-ring (bicyclic) bond motifs is 2. The van der Waals surface area contributed by atoms with Gasteiger partial charge in [-0.2, -0.15) is 0 Å². The van der Waals surface area contributed by atoms with Gasteiger partial charge >= 0.3 is 0 Å². The number of ether oxygens (including phenoxy) is 6. The lowest BCUT2D eigenvalue weighted by Gasteiger charge is -2.26. The van der Waals surface area contributed by atoms with E-state index >= 15 is 0 Å². The van der Waals surface area contributed by atoms with Gasteiger partial charge in [0.05, 0.1) is 91.5 Å². The van der Waals surface area contributed by atoms with Crippen molar-refractivity contribution >= 4 is 17.5 Å². The minimum absolute atomic E-state index is 0.0950. The lowest BCUT2D eigenvalue weighted by Crippen LogP contribution is -2.34. The molecule has 0 bridgehead atoms. The van der Waals surface area contributed by atoms with Crippen LogP contribution in [0.3, 0.4) is 0 Å². The van der Waals surface area contributed by atoms with Gasteiger partial charge in [0.25, 0.3) is 0 Å². The molecule has 0 unspecified atom stereocenters. The van der Waals surface area contributed by atoms with Crippen LogP contribution in [0.2, 0.25) is 0 Å². The van der Waals surface area contributed by atoms with Gasteiger partial charge in [-0.3, -0.25) is 9.59 Å². The van der Waals surface area contributed by atoms with Crippen LogP contribution in [0.4, 0.5) is 5.69 Å². The molecule has 11 heteroatoms. The molecule has 11 nitrogen and oxygen atoms in total. The first-order valence-electron chi connectivity index (χ1n) is 15.1. The summed E-state index contributed by atoms with van der Waals surface area (Å²) in [5, 5.41) is 2.81. The van der Waals surface area contributed by atoms with E-state index in [-0.39, 0.29) is 24.7 Å². The molecule has 2 aromatic carbocycles. The lowest BCUT2D eigenvalue weighted by atomic mass is 10.0. The van der Waals surface area contributed by atoms with Crippen molar-refractivity contribution in [2.45, 2.75) is 19.4 Å². The Balaban J connectivity index is 1.16. The monoisotopic (exact) mass is 611 g/mol. The molecule has 3 N–H and O–H groups in total. The number of nitrogens with two attached hydrogens (primary N) is 1. The molecule has 3 rings (SSSR count). The quantitative estimate of drug-likeness (QED) is 0.143. The van der Waals surface area contributed by atoms with Crippen LogP contribution < -0.4 is 16.0 Å². The first kappa shape index (κ1) is 35.1. The molecule has 44 heavy (non-hydrogen) atoms. The van der Waals surface area contributed by atoms with E-state index in [4.69, 9.17) is 34.2 Å². The molecule has 0 radical (unpaired) electrons. The van der Waals surface area contributed by atoms with Crippen molar-refractivity contribution in [2.75, 3.05) is 97.3 Å². The highest BCUT2D eigenvalue weighted by Gasteiger charge is 2.21. The van der Waals surface area contributed by atoms with Crippen LogP contribution in [0, 0.1) is 11.8 Å². The minimum atomic E-state index is -0.194. The average molecular weight is 612 g/mol. The van der Waals surface area contributed by atoms with Crippen LogP contribution in [-0.2, 0) is 44.6 Å². The van der Waals surface area contributed by atoms with Crippen LogP contribution in [0.5, 0.6) is 0 Å². The van der Waals surface area contributed by atoms with Crippen LogP contribution in [0.15, 0.2) is 48.5 Å². The lowest BCUT2D eigenvalue weighted by molar-refractivity contribution is -0.125. The van der Waals surface area contributed by atoms with E-state index in [0.717, 1.165) is 22.4 Å². The molecule has 1 aliphatic heterocycles. The van der Waals surface area contributed by atoms with Crippen LogP contribution in [0.25, 0.3) is 0 Å². The van der Waals surface area contributed by atoms with Gasteiger partial charge in [0, 0.05) is 37.1 Å². The molecule has 0 fully saturated rings. The molecule has 2 amide bonds. The number of benzene rings is 2. The number of hydrogen-bond acceptors (Lipinski definition) is 9. The third-order valence-electron chi connectivity index (χ3n) is 6.43. The van der Waals surface area contributed by atoms with Crippen molar-refractivity contribution in [3.63, 3.8) is 0 Å². The molecule has 0 aliphatic carbocycles. The van der Waals surface area contributed by atoms with Crippen molar-refractivity contribution in [3.05, 3.63) is 65.2 Å². The molecule has 0 saturated carbocycles. The van der Waals surface area contributed by atoms with Gasteiger partial charge in [0.15, 0.2) is 0 Å². The Morgan fingerprint density at radius 2 is 1.16 bits per heavy atom. The highest BCUT2D eigenvalue weighted by molar-refractivity contribution is 5.96. The zero-order chi connectivity index (χ0) is 31.1. The van der Waals surface area contributed by atoms with E-state index in [0.29, 0.717) is 98.9 Å². The summed E-state index contributed by atoms with van der Waals surface area (Å²) < 4.78 is 32.4. The average Bonchev–Trinajstić information content (AvgIpc) is 3.03. The van der Waals surface area contributed by atoms with Gasteiger partial charge < -0.3 is 44.4 Å². The smallest absolute Gasteiger partial charge is 0.227 e. The van der Waals surface area contributed by atoms with Crippen molar-refractivity contribution in [1.29, 1.82) is 0 Å². The number of carbonyl (C=O) groups excluding carboxylic acids is 2. The maximum atomic E-state index is 13.2. The Bertz CT molecular complexity index is 1180. The topological polar surface area (TPSA) is 131 Å². The summed E-state index contributed by atoms with van der Waals surface area (Å²) in [5.74, 6) is 6.08. The molecular weight excluding hydrogens is 566 g/mol. The Kier molecular flexibility index (Phi) is 17.7. The fraction of sp³-hybridized carbons (Fsp3) is 0.515. The first-order valence-corrected chi connectivity index (χ1v) is 15.1. The molecule has 2 aromatic rings. The number of nitrogens with zero attached hydrogens (tertiary/aromatic N) is 1. The maximum absolute atomic E-state index is 13.2. The van der Waals surface area contributed by atoms with E-state index in [1.54, 1.807) is 4.90 Å². The Morgan fingerprint density at radius 1 is 0.659 bits per heavy atom. The summed E-state index contributed by atoms with van der Waals surface area (Å²) in [6, 6.07) is 15.4. The van der Waals surface area contributed by atoms with Crippen LogP contribution >= 0.6 is 0 Å².